The standard InChI is InChI=1S/C9H9NO2S/c11-13(12)6-5-10-7-8-3-1-2-4-9(8)13/h1-4,10H,5-6H2. The molecule has 2 radical (unpaired) electrons. The Hall–Kier alpha value is -0.870. The molecule has 1 heterocycles. The van der Waals surface area contributed by atoms with Crippen molar-refractivity contribution in [3.63, 3.8) is 0 Å². The van der Waals surface area contributed by atoms with Crippen molar-refractivity contribution >= 4 is 9.84 Å². The first-order valence-corrected chi connectivity index (χ1v) is 5.66. The largest absolute Gasteiger partial charge is 0.303 e. The summed E-state index contributed by atoms with van der Waals surface area (Å²) in [4.78, 5) is 0.375. The zero-order chi connectivity index (χ0) is 9.31. The average Bonchev–Trinajstić information content (AvgIpc) is 2.26. The monoisotopic (exact) mass is 195 g/mol. The summed E-state index contributed by atoms with van der Waals surface area (Å²) in [5.74, 6) is 0.136. The molecule has 0 fully saturated rings. The van der Waals surface area contributed by atoms with Gasteiger partial charge in [-0.05, 0) is 11.6 Å². The Bertz CT molecular complexity index is 411. The van der Waals surface area contributed by atoms with Crippen molar-refractivity contribution in [2.75, 3.05) is 12.3 Å². The molecule has 1 N–H and O–H groups in total. The minimum atomic E-state index is -3.10. The Labute approximate surface area is 77.7 Å². The molecule has 1 aromatic carbocycles. The van der Waals surface area contributed by atoms with Gasteiger partial charge in [-0.25, -0.2) is 8.42 Å². The van der Waals surface area contributed by atoms with Gasteiger partial charge in [0.1, 0.15) is 0 Å². The Balaban J connectivity index is 2.62. The Morgan fingerprint density at radius 1 is 1.31 bits per heavy atom. The van der Waals surface area contributed by atoms with Gasteiger partial charge < -0.3 is 5.32 Å². The highest BCUT2D eigenvalue weighted by Gasteiger charge is 2.20. The molecule has 0 saturated carbocycles. The van der Waals surface area contributed by atoms with Crippen LogP contribution in [0.3, 0.4) is 0 Å². The second-order valence-corrected chi connectivity index (χ2v) is 4.94. The molecule has 0 atom stereocenters. The number of benzene rings is 1. The fourth-order valence-electron chi connectivity index (χ4n) is 1.29. The molecule has 2 rings (SSSR count). The van der Waals surface area contributed by atoms with Gasteiger partial charge >= 0.3 is 0 Å². The second kappa shape index (κ2) is 3.12. The fourth-order valence-corrected chi connectivity index (χ4v) is 2.62. The van der Waals surface area contributed by atoms with Crippen LogP contribution in [0.1, 0.15) is 5.56 Å². The summed E-state index contributed by atoms with van der Waals surface area (Å²) in [6.07, 6.45) is 0. The van der Waals surface area contributed by atoms with Crippen LogP contribution in [0.2, 0.25) is 0 Å². The van der Waals surface area contributed by atoms with Crippen LogP contribution in [0.25, 0.3) is 0 Å². The van der Waals surface area contributed by atoms with Gasteiger partial charge in [-0.3, -0.25) is 0 Å². The van der Waals surface area contributed by atoms with Crippen LogP contribution in [0.15, 0.2) is 29.2 Å². The van der Waals surface area contributed by atoms with Gasteiger partial charge in [0.25, 0.3) is 0 Å². The van der Waals surface area contributed by atoms with Crippen molar-refractivity contribution < 1.29 is 8.42 Å². The molecule has 0 amide bonds. The van der Waals surface area contributed by atoms with Crippen molar-refractivity contribution in [2.24, 2.45) is 0 Å². The summed E-state index contributed by atoms with van der Waals surface area (Å²) in [6, 6.07) is 6.88. The normalized spacial score (nSPS) is 20.3. The van der Waals surface area contributed by atoms with Crippen LogP contribution in [0, 0.1) is 6.54 Å². The highest BCUT2D eigenvalue weighted by atomic mass is 32.2. The maximum Gasteiger partial charge on any atom is 0.179 e. The lowest BCUT2D eigenvalue weighted by Crippen LogP contribution is -2.16. The Kier molecular flexibility index (Phi) is 2.09. The quantitative estimate of drug-likeness (QED) is 0.653. The smallest absolute Gasteiger partial charge is 0.179 e. The molecule has 1 aliphatic heterocycles. The lowest BCUT2D eigenvalue weighted by molar-refractivity contribution is 0.596. The van der Waals surface area contributed by atoms with E-state index in [1.165, 1.54) is 0 Å². The maximum absolute atomic E-state index is 11.6. The molecule has 0 bridgehead atoms. The number of fused-ring (bicyclic) bond motifs is 1. The third kappa shape index (κ3) is 1.59. The van der Waals surface area contributed by atoms with Gasteiger partial charge in [0, 0.05) is 6.54 Å². The van der Waals surface area contributed by atoms with Crippen molar-refractivity contribution in [1.29, 1.82) is 0 Å². The lowest BCUT2D eigenvalue weighted by Gasteiger charge is -2.02. The molecule has 0 aliphatic carbocycles. The number of rotatable bonds is 0. The van der Waals surface area contributed by atoms with Crippen LogP contribution < -0.4 is 5.32 Å². The lowest BCUT2D eigenvalue weighted by atomic mass is 10.2. The van der Waals surface area contributed by atoms with Gasteiger partial charge in [0.05, 0.1) is 17.2 Å². The number of nitrogens with one attached hydrogen (secondary N) is 1. The number of sulfone groups is 1. The highest BCUT2D eigenvalue weighted by molar-refractivity contribution is 7.91. The summed E-state index contributed by atoms with van der Waals surface area (Å²) in [5.41, 5.74) is 0.625. The molecule has 68 valence electrons. The first kappa shape index (κ1) is 8.72. The summed E-state index contributed by atoms with van der Waals surface area (Å²) >= 11 is 0. The van der Waals surface area contributed by atoms with Gasteiger partial charge in [-0.1, -0.05) is 18.2 Å². The van der Waals surface area contributed by atoms with E-state index < -0.39 is 9.84 Å². The molecule has 0 spiro atoms. The molecule has 1 aliphatic rings. The SMILES string of the molecule is O=S1(=O)CCN[C]c2ccccc21. The molecule has 1 aromatic rings. The average molecular weight is 195 g/mol. The Morgan fingerprint density at radius 2 is 2.08 bits per heavy atom. The van der Waals surface area contributed by atoms with E-state index in [0.29, 0.717) is 17.0 Å². The topological polar surface area (TPSA) is 46.2 Å². The molecular weight excluding hydrogens is 186 g/mol. The van der Waals surface area contributed by atoms with E-state index in [9.17, 15) is 8.42 Å². The van der Waals surface area contributed by atoms with E-state index in [1.807, 2.05) is 0 Å². The fraction of sp³-hybridized carbons (Fsp3) is 0.222. The van der Waals surface area contributed by atoms with Gasteiger partial charge in [-0.15, -0.1) is 0 Å². The van der Waals surface area contributed by atoms with E-state index in [4.69, 9.17) is 0 Å². The minimum absolute atomic E-state index is 0.136. The first-order chi connectivity index (χ1) is 6.20. The van der Waals surface area contributed by atoms with Crippen LogP contribution in [0.4, 0.5) is 0 Å². The highest BCUT2D eigenvalue weighted by Crippen LogP contribution is 2.19. The van der Waals surface area contributed by atoms with E-state index >= 15 is 0 Å². The van der Waals surface area contributed by atoms with Gasteiger partial charge in [0.15, 0.2) is 9.84 Å². The third-order valence-electron chi connectivity index (χ3n) is 1.94. The van der Waals surface area contributed by atoms with Crippen molar-refractivity contribution in [3.8, 4) is 0 Å². The second-order valence-electron chi connectivity index (χ2n) is 2.87. The van der Waals surface area contributed by atoms with E-state index in [-0.39, 0.29) is 5.75 Å². The molecule has 0 saturated heterocycles. The van der Waals surface area contributed by atoms with Crippen LogP contribution in [0.5, 0.6) is 0 Å². The first-order valence-electron chi connectivity index (χ1n) is 4.01. The molecule has 4 heteroatoms. The van der Waals surface area contributed by atoms with Crippen LogP contribution in [-0.4, -0.2) is 20.7 Å². The zero-order valence-corrected chi connectivity index (χ0v) is 7.76. The maximum atomic E-state index is 11.6. The predicted octanol–water partition coefficient (Wildman–Crippen LogP) is 0.450. The summed E-state index contributed by atoms with van der Waals surface area (Å²) in [7, 11) is -3.10. The summed E-state index contributed by atoms with van der Waals surface area (Å²) in [5, 5.41) is 2.83. The van der Waals surface area contributed by atoms with Crippen LogP contribution >= 0.6 is 0 Å². The van der Waals surface area contributed by atoms with Gasteiger partial charge in [0.2, 0.25) is 0 Å². The van der Waals surface area contributed by atoms with Crippen LogP contribution in [-0.2, 0) is 9.84 Å². The number of hydrogen-bond acceptors (Lipinski definition) is 3. The predicted molar refractivity (Wildman–Crippen MR) is 48.8 cm³/mol. The van der Waals surface area contributed by atoms with Gasteiger partial charge in [-0.2, -0.15) is 0 Å². The molecule has 3 nitrogen and oxygen atoms in total. The molecule has 13 heavy (non-hydrogen) atoms. The minimum Gasteiger partial charge on any atom is -0.303 e. The Morgan fingerprint density at radius 3 is 2.92 bits per heavy atom. The zero-order valence-electron chi connectivity index (χ0n) is 6.95. The molecule has 0 aromatic heterocycles. The third-order valence-corrected chi connectivity index (χ3v) is 3.71. The summed E-state index contributed by atoms with van der Waals surface area (Å²) < 4.78 is 23.2. The van der Waals surface area contributed by atoms with Crippen molar-refractivity contribution in [2.45, 2.75) is 4.90 Å². The summed E-state index contributed by atoms with van der Waals surface area (Å²) in [6.45, 7) is 3.28. The van der Waals surface area contributed by atoms with Crippen molar-refractivity contribution in [1.82, 2.24) is 5.32 Å². The van der Waals surface area contributed by atoms with E-state index in [2.05, 4.69) is 11.9 Å². The van der Waals surface area contributed by atoms with Crippen molar-refractivity contribution in [3.05, 3.63) is 36.4 Å². The molecule has 0 unspecified atom stereocenters. The number of hydrogen-bond donors (Lipinski definition) is 1. The molecular formula is C9H9NO2S. The van der Waals surface area contributed by atoms with E-state index in [0.717, 1.165) is 0 Å². The van der Waals surface area contributed by atoms with E-state index in [1.54, 1.807) is 24.3 Å².